The summed E-state index contributed by atoms with van der Waals surface area (Å²) in [5.74, 6) is 0.765. The molecule has 0 N–H and O–H groups in total. The van der Waals surface area contributed by atoms with Gasteiger partial charge in [-0.2, -0.15) is 0 Å². The molecule has 18 heavy (non-hydrogen) atoms. The van der Waals surface area contributed by atoms with Crippen molar-refractivity contribution in [1.29, 1.82) is 0 Å². The molecule has 0 amide bonds. The average Bonchev–Trinajstić information content (AvgIpc) is 2.41. The van der Waals surface area contributed by atoms with Gasteiger partial charge < -0.3 is 0 Å². The van der Waals surface area contributed by atoms with Crippen LogP contribution in [0.1, 0.15) is 75.7 Å². The summed E-state index contributed by atoms with van der Waals surface area (Å²) in [5.41, 5.74) is 2.80. The van der Waals surface area contributed by atoms with Gasteiger partial charge >= 0.3 is 0 Å². The quantitative estimate of drug-likeness (QED) is 0.455. The Morgan fingerprint density at radius 1 is 1.17 bits per heavy atom. The highest BCUT2D eigenvalue weighted by Gasteiger charge is 2.04. The minimum Gasteiger partial charge on any atom is -0.0991 e. The van der Waals surface area contributed by atoms with E-state index < -0.39 is 0 Å². The van der Waals surface area contributed by atoms with Crippen LogP contribution >= 0.6 is 0 Å². The maximum absolute atomic E-state index is 3.75. The van der Waals surface area contributed by atoms with E-state index >= 15 is 0 Å². The summed E-state index contributed by atoms with van der Waals surface area (Å²) >= 11 is 0. The van der Waals surface area contributed by atoms with Crippen molar-refractivity contribution in [3.63, 3.8) is 0 Å². The van der Waals surface area contributed by atoms with Crippen molar-refractivity contribution in [1.82, 2.24) is 0 Å². The molecule has 0 fully saturated rings. The lowest BCUT2D eigenvalue weighted by molar-refractivity contribution is 0.559. The third-order valence-electron chi connectivity index (χ3n) is 2.52. The monoisotopic (exact) mass is 254 g/mol. The molecule has 0 aromatic heterocycles. The maximum atomic E-state index is 3.75. The Hall–Kier alpha value is -0.780. The molecule has 1 atom stereocenters. The van der Waals surface area contributed by atoms with Crippen LogP contribution < -0.4 is 0 Å². The van der Waals surface area contributed by atoms with Crippen molar-refractivity contribution in [2.75, 3.05) is 0 Å². The molecule has 0 aliphatic rings. The van der Waals surface area contributed by atoms with Crippen molar-refractivity contribution in [2.45, 2.75) is 75.7 Å². The SMILES string of the molecule is C.C=C/C=C(CC(C)CC)\C(C)=C/C.CC.CC. The van der Waals surface area contributed by atoms with E-state index in [1.807, 2.05) is 33.8 Å². The molecule has 0 aromatic carbocycles. The summed E-state index contributed by atoms with van der Waals surface area (Å²) in [6, 6.07) is 0. The first-order chi connectivity index (χ1) is 8.15. The highest BCUT2D eigenvalue weighted by atomic mass is 14.1. The number of hydrogen-bond donors (Lipinski definition) is 0. The molecule has 0 aliphatic heterocycles. The van der Waals surface area contributed by atoms with Crippen LogP contribution in [0.25, 0.3) is 0 Å². The normalized spacial score (nSPS) is 12.0. The van der Waals surface area contributed by atoms with Gasteiger partial charge in [-0.3, -0.25) is 0 Å². The molecule has 0 rings (SSSR count). The molecule has 1 unspecified atom stereocenters. The van der Waals surface area contributed by atoms with Crippen molar-refractivity contribution < 1.29 is 0 Å². The average molecular weight is 255 g/mol. The summed E-state index contributed by atoms with van der Waals surface area (Å²) in [6.45, 7) is 20.5. The van der Waals surface area contributed by atoms with Gasteiger partial charge in [-0.1, -0.05) is 85.8 Å². The molecule has 0 aliphatic carbocycles. The van der Waals surface area contributed by atoms with Crippen LogP contribution in [0.2, 0.25) is 0 Å². The predicted molar refractivity (Wildman–Crippen MR) is 91.2 cm³/mol. The minimum absolute atomic E-state index is 0. The molecular weight excluding hydrogens is 216 g/mol. The fourth-order valence-electron chi connectivity index (χ4n) is 1.21. The van der Waals surface area contributed by atoms with Crippen LogP contribution in [0, 0.1) is 5.92 Å². The van der Waals surface area contributed by atoms with Gasteiger partial charge in [0.25, 0.3) is 0 Å². The van der Waals surface area contributed by atoms with Gasteiger partial charge in [0.1, 0.15) is 0 Å². The van der Waals surface area contributed by atoms with Crippen LogP contribution in [0.4, 0.5) is 0 Å². The van der Waals surface area contributed by atoms with E-state index in [-0.39, 0.29) is 7.43 Å². The molecule has 0 spiro atoms. The van der Waals surface area contributed by atoms with Crippen LogP contribution in [0.15, 0.2) is 36.0 Å². The van der Waals surface area contributed by atoms with Crippen LogP contribution in [0.5, 0.6) is 0 Å². The third-order valence-corrected chi connectivity index (χ3v) is 2.52. The molecule has 0 radical (unpaired) electrons. The Bertz CT molecular complexity index is 206. The fourth-order valence-corrected chi connectivity index (χ4v) is 1.21. The van der Waals surface area contributed by atoms with E-state index in [1.54, 1.807) is 0 Å². The Kier molecular flexibility index (Phi) is 31.0. The lowest BCUT2D eigenvalue weighted by atomic mass is 9.94. The Labute approximate surface area is 118 Å². The first-order valence-corrected chi connectivity index (χ1v) is 7.10. The van der Waals surface area contributed by atoms with Gasteiger partial charge in [-0.25, -0.2) is 0 Å². The van der Waals surface area contributed by atoms with E-state index in [4.69, 9.17) is 0 Å². The second kappa shape index (κ2) is 21.5. The highest BCUT2D eigenvalue weighted by Crippen LogP contribution is 2.20. The van der Waals surface area contributed by atoms with Crippen LogP contribution in [-0.4, -0.2) is 0 Å². The minimum atomic E-state index is 0. The number of rotatable bonds is 5. The third kappa shape index (κ3) is 15.2. The number of hydrogen-bond acceptors (Lipinski definition) is 0. The van der Waals surface area contributed by atoms with Crippen molar-refractivity contribution in [2.24, 2.45) is 5.92 Å². The topological polar surface area (TPSA) is 0 Å². The van der Waals surface area contributed by atoms with Crippen molar-refractivity contribution >= 4 is 0 Å². The second-order valence-corrected chi connectivity index (χ2v) is 3.62. The number of allylic oxidation sites excluding steroid dienone is 5. The van der Waals surface area contributed by atoms with Gasteiger partial charge in [-0.15, -0.1) is 0 Å². The van der Waals surface area contributed by atoms with E-state index in [1.165, 1.54) is 24.0 Å². The summed E-state index contributed by atoms with van der Waals surface area (Å²) in [6.07, 6.45) is 8.58. The zero-order valence-corrected chi connectivity index (χ0v) is 13.4. The molecule has 0 saturated heterocycles. The van der Waals surface area contributed by atoms with E-state index in [0.717, 1.165) is 5.92 Å². The molecular formula is C18H38. The Morgan fingerprint density at radius 2 is 1.61 bits per heavy atom. The Morgan fingerprint density at radius 3 is 1.89 bits per heavy atom. The van der Waals surface area contributed by atoms with E-state index in [9.17, 15) is 0 Å². The van der Waals surface area contributed by atoms with Gasteiger partial charge in [0.2, 0.25) is 0 Å². The summed E-state index contributed by atoms with van der Waals surface area (Å²) in [4.78, 5) is 0. The predicted octanol–water partition coefficient (Wildman–Crippen LogP) is 7.19. The lowest BCUT2D eigenvalue weighted by Gasteiger charge is -2.12. The van der Waals surface area contributed by atoms with E-state index in [0.29, 0.717) is 0 Å². The van der Waals surface area contributed by atoms with E-state index in [2.05, 4.69) is 46.4 Å². The van der Waals surface area contributed by atoms with Gasteiger partial charge in [0.05, 0.1) is 0 Å². The molecule has 0 nitrogen and oxygen atoms in total. The van der Waals surface area contributed by atoms with Crippen LogP contribution in [0.3, 0.4) is 0 Å². The molecule has 0 aromatic rings. The fraction of sp³-hybridized carbons (Fsp3) is 0.667. The summed E-state index contributed by atoms with van der Waals surface area (Å²) < 4.78 is 0. The first-order valence-electron chi connectivity index (χ1n) is 7.10. The summed E-state index contributed by atoms with van der Waals surface area (Å²) in [5, 5.41) is 0. The zero-order valence-electron chi connectivity index (χ0n) is 13.4. The molecule has 0 saturated carbocycles. The van der Waals surface area contributed by atoms with Gasteiger partial charge in [0, 0.05) is 0 Å². The highest BCUT2D eigenvalue weighted by molar-refractivity contribution is 5.31. The standard InChI is InChI=1S/C13H22.2C2H6.CH4/c1-6-9-13(12(5)8-3)10-11(4)7-2;2*1-2;/h6,8-9,11H,1,7,10H2,2-5H3;2*1-2H3;1H4/b12-8-,13-9-;;;. The molecule has 110 valence electrons. The van der Waals surface area contributed by atoms with Gasteiger partial charge in [-0.05, 0) is 31.8 Å². The van der Waals surface area contributed by atoms with Crippen molar-refractivity contribution in [3.05, 3.63) is 36.0 Å². The van der Waals surface area contributed by atoms with Gasteiger partial charge in [0.15, 0.2) is 0 Å². The maximum Gasteiger partial charge on any atom is -0.0251 e. The van der Waals surface area contributed by atoms with Crippen LogP contribution in [-0.2, 0) is 0 Å². The largest absolute Gasteiger partial charge is 0.0991 e. The summed E-state index contributed by atoms with van der Waals surface area (Å²) in [7, 11) is 0. The molecule has 0 bridgehead atoms. The first kappa shape index (κ1) is 25.9. The zero-order chi connectivity index (χ0) is 14.3. The molecule has 0 heterocycles. The Balaban J connectivity index is -0.000000177. The second-order valence-electron chi connectivity index (χ2n) is 3.62. The van der Waals surface area contributed by atoms with Crippen molar-refractivity contribution in [3.8, 4) is 0 Å². The lowest BCUT2D eigenvalue weighted by Crippen LogP contribution is -1.96. The smallest absolute Gasteiger partial charge is 0.0251 e. The molecule has 0 heteroatoms.